The first-order chi connectivity index (χ1) is 20.3. The van der Waals surface area contributed by atoms with Gasteiger partial charge in [-0.15, -0.1) is 11.3 Å². The maximum Gasteiger partial charge on any atom is 0.292 e. The monoisotopic (exact) mass is 626 g/mol. The fraction of sp³-hybridized carbons (Fsp3) is 0.321. The van der Waals surface area contributed by atoms with E-state index in [0.29, 0.717) is 42.6 Å². The van der Waals surface area contributed by atoms with Crippen molar-refractivity contribution >= 4 is 54.9 Å². The van der Waals surface area contributed by atoms with Crippen LogP contribution in [0.1, 0.15) is 17.0 Å². The molecule has 2 fully saturated rings. The van der Waals surface area contributed by atoms with E-state index >= 15 is 0 Å². The minimum absolute atomic E-state index is 0.0313. The number of amides is 2. The van der Waals surface area contributed by atoms with Crippen LogP contribution in [-0.2, 0) is 19.6 Å². The van der Waals surface area contributed by atoms with Gasteiger partial charge in [-0.25, -0.2) is 18.4 Å². The Hall–Kier alpha value is -3.49. The predicted molar refractivity (Wildman–Crippen MR) is 158 cm³/mol. The molecule has 5 heterocycles. The van der Waals surface area contributed by atoms with E-state index in [1.165, 1.54) is 21.6 Å². The molecule has 0 bridgehead atoms. The third-order valence-corrected chi connectivity index (χ3v) is 11.0. The molecule has 14 heteroatoms. The Kier molecular flexibility index (Phi) is 8.19. The molecule has 6 rings (SSSR count). The molecule has 1 unspecified atom stereocenters. The fourth-order valence-electron chi connectivity index (χ4n) is 5.10. The van der Waals surface area contributed by atoms with Crippen molar-refractivity contribution in [3.63, 3.8) is 0 Å². The van der Waals surface area contributed by atoms with Crippen molar-refractivity contribution in [1.82, 2.24) is 29.1 Å². The van der Waals surface area contributed by atoms with E-state index in [1.807, 2.05) is 12.1 Å². The van der Waals surface area contributed by atoms with Gasteiger partial charge in [0.15, 0.2) is 0 Å². The molecule has 218 valence electrons. The first-order valence-corrected chi connectivity index (χ1v) is 16.0. The van der Waals surface area contributed by atoms with Gasteiger partial charge in [-0.05, 0) is 35.7 Å². The zero-order valence-corrected chi connectivity index (χ0v) is 24.8. The number of hydrogen-bond donors (Lipinski definition) is 0. The standard InChI is InChI=1S/C28H27ClN6O5S2/c29-21-5-4-19-13-26(41-24(19)14-21)42(38,39)34-7-8-35(22(18-34)15-25(36)33-9-11-40-12-10-33)28(37)27-31-16-20(17-32-27)23-3-1-2-6-30-23/h1-6,13-14,16-17,22H,7-12,15,18H2. The quantitative estimate of drug-likeness (QED) is 0.320. The number of halogens is 1. The van der Waals surface area contributed by atoms with Crippen LogP contribution < -0.4 is 0 Å². The number of carbonyl (C=O) groups excluding carboxylic acids is 2. The number of pyridine rings is 1. The van der Waals surface area contributed by atoms with E-state index in [1.54, 1.807) is 41.4 Å². The summed E-state index contributed by atoms with van der Waals surface area (Å²) in [7, 11) is -3.89. The molecule has 0 radical (unpaired) electrons. The molecule has 2 amide bonds. The van der Waals surface area contributed by atoms with E-state index in [9.17, 15) is 18.0 Å². The van der Waals surface area contributed by atoms with E-state index < -0.39 is 22.0 Å². The highest BCUT2D eigenvalue weighted by Gasteiger charge is 2.39. The summed E-state index contributed by atoms with van der Waals surface area (Å²) in [6.45, 7) is 1.88. The zero-order valence-electron chi connectivity index (χ0n) is 22.4. The Morgan fingerprint density at radius 3 is 2.52 bits per heavy atom. The summed E-state index contributed by atoms with van der Waals surface area (Å²) in [4.78, 5) is 43.0. The van der Waals surface area contributed by atoms with Crippen LogP contribution in [0.25, 0.3) is 21.3 Å². The Bertz CT molecular complexity index is 1710. The number of rotatable bonds is 6. The van der Waals surface area contributed by atoms with Crippen LogP contribution in [0.3, 0.4) is 0 Å². The molecular weight excluding hydrogens is 600 g/mol. The summed E-state index contributed by atoms with van der Waals surface area (Å²) in [5.41, 5.74) is 1.33. The predicted octanol–water partition coefficient (Wildman–Crippen LogP) is 3.17. The largest absolute Gasteiger partial charge is 0.378 e. The lowest BCUT2D eigenvalue weighted by Gasteiger charge is -2.41. The lowest BCUT2D eigenvalue weighted by atomic mass is 10.1. The average molecular weight is 627 g/mol. The van der Waals surface area contributed by atoms with Crippen molar-refractivity contribution in [3.8, 4) is 11.3 Å². The van der Waals surface area contributed by atoms with Gasteiger partial charge in [0, 0.05) is 73.0 Å². The topological polar surface area (TPSA) is 126 Å². The fourth-order valence-corrected chi connectivity index (χ4v) is 8.40. The lowest BCUT2D eigenvalue weighted by Crippen LogP contribution is -2.58. The number of carbonyl (C=O) groups is 2. The van der Waals surface area contributed by atoms with Gasteiger partial charge in [0.2, 0.25) is 11.7 Å². The zero-order chi connectivity index (χ0) is 29.3. The number of sulfonamides is 1. The van der Waals surface area contributed by atoms with Crippen molar-refractivity contribution < 1.29 is 22.7 Å². The number of nitrogens with zero attached hydrogens (tertiary/aromatic N) is 6. The van der Waals surface area contributed by atoms with Crippen LogP contribution >= 0.6 is 22.9 Å². The molecular formula is C28H27ClN6O5S2. The molecule has 0 aliphatic carbocycles. The molecule has 2 aliphatic rings. The van der Waals surface area contributed by atoms with Crippen LogP contribution in [-0.4, -0.2) is 101 Å². The summed E-state index contributed by atoms with van der Waals surface area (Å²) >= 11 is 7.26. The van der Waals surface area contributed by atoms with Gasteiger partial charge in [-0.1, -0.05) is 23.7 Å². The summed E-state index contributed by atoms with van der Waals surface area (Å²) in [5, 5.41) is 1.31. The van der Waals surface area contributed by atoms with Crippen molar-refractivity contribution in [1.29, 1.82) is 0 Å². The molecule has 4 aromatic rings. The summed E-state index contributed by atoms with van der Waals surface area (Å²) in [6.07, 6.45) is 4.69. The van der Waals surface area contributed by atoms with Gasteiger partial charge in [0.05, 0.1) is 24.9 Å². The van der Waals surface area contributed by atoms with E-state index in [0.717, 1.165) is 21.4 Å². The van der Waals surface area contributed by atoms with Crippen LogP contribution in [0.15, 0.2) is 65.3 Å². The highest BCUT2D eigenvalue weighted by Crippen LogP contribution is 2.34. The van der Waals surface area contributed by atoms with E-state index in [4.69, 9.17) is 16.3 Å². The first-order valence-electron chi connectivity index (χ1n) is 13.4. The Morgan fingerprint density at radius 1 is 1.00 bits per heavy atom. The van der Waals surface area contributed by atoms with Gasteiger partial charge in [-0.3, -0.25) is 14.6 Å². The molecule has 1 aromatic carbocycles. The first kappa shape index (κ1) is 28.6. The second-order valence-corrected chi connectivity index (χ2v) is 13.7. The van der Waals surface area contributed by atoms with Gasteiger partial charge in [-0.2, -0.15) is 4.31 Å². The van der Waals surface area contributed by atoms with Crippen LogP contribution in [0.5, 0.6) is 0 Å². The number of hydrogen-bond acceptors (Lipinski definition) is 9. The van der Waals surface area contributed by atoms with Gasteiger partial charge >= 0.3 is 0 Å². The lowest BCUT2D eigenvalue weighted by molar-refractivity contribution is -0.136. The minimum Gasteiger partial charge on any atom is -0.378 e. The minimum atomic E-state index is -3.89. The van der Waals surface area contributed by atoms with Crippen LogP contribution in [0, 0.1) is 0 Å². The average Bonchev–Trinajstić information content (AvgIpc) is 3.46. The number of fused-ring (bicyclic) bond motifs is 1. The van der Waals surface area contributed by atoms with E-state index in [2.05, 4.69) is 15.0 Å². The Labute approximate surface area is 251 Å². The van der Waals surface area contributed by atoms with Crippen LogP contribution in [0.4, 0.5) is 0 Å². The molecule has 0 N–H and O–H groups in total. The molecule has 3 aromatic heterocycles. The number of ether oxygens (including phenoxy) is 1. The summed E-state index contributed by atoms with van der Waals surface area (Å²) in [5.74, 6) is -0.657. The number of thiophene rings is 1. The molecule has 42 heavy (non-hydrogen) atoms. The third-order valence-electron chi connectivity index (χ3n) is 7.34. The van der Waals surface area contributed by atoms with Crippen molar-refractivity contribution in [3.05, 3.63) is 71.9 Å². The molecule has 2 aliphatic heterocycles. The third kappa shape index (κ3) is 5.88. The second-order valence-electron chi connectivity index (χ2n) is 9.97. The molecule has 0 saturated carbocycles. The smallest absolute Gasteiger partial charge is 0.292 e. The summed E-state index contributed by atoms with van der Waals surface area (Å²) < 4.78 is 35.2. The SMILES string of the molecule is O=C(CC1CN(S(=O)(=O)c2cc3ccc(Cl)cc3s2)CCN1C(=O)c1ncc(-c2ccccn2)cn1)N1CCOCC1. The summed E-state index contributed by atoms with van der Waals surface area (Å²) in [6, 6.07) is 11.6. The van der Waals surface area contributed by atoms with Gasteiger partial charge in [0.25, 0.3) is 15.9 Å². The number of morpholine rings is 1. The van der Waals surface area contributed by atoms with E-state index in [-0.39, 0.29) is 42.0 Å². The molecule has 0 spiro atoms. The maximum atomic E-state index is 13.8. The van der Waals surface area contributed by atoms with Crippen LogP contribution in [0.2, 0.25) is 5.02 Å². The second kappa shape index (κ2) is 12.0. The van der Waals surface area contributed by atoms with Crippen molar-refractivity contribution in [2.45, 2.75) is 16.7 Å². The highest BCUT2D eigenvalue weighted by atomic mass is 35.5. The Morgan fingerprint density at radius 2 is 1.79 bits per heavy atom. The molecule has 1 atom stereocenters. The highest BCUT2D eigenvalue weighted by molar-refractivity contribution is 7.91. The van der Waals surface area contributed by atoms with Crippen molar-refractivity contribution in [2.24, 2.45) is 0 Å². The normalized spacial score (nSPS) is 18.4. The molecule has 11 nitrogen and oxygen atoms in total. The van der Waals surface area contributed by atoms with Crippen molar-refractivity contribution in [2.75, 3.05) is 45.9 Å². The molecule has 2 saturated heterocycles. The van der Waals surface area contributed by atoms with Gasteiger partial charge in [0.1, 0.15) is 4.21 Å². The maximum absolute atomic E-state index is 13.8. The number of benzene rings is 1. The van der Waals surface area contributed by atoms with Gasteiger partial charge < -0.3 is 14.5 Å². The Balaban J connectivity index is 1.25. The number of aromatic nitrogens is 3. The number of piperazine rings is 1.